The Morgan fingerprint density at radius 1 is 1.29 bits per heavy atom. The molecule has 7 heteroatoms. The molecule has 124 valence electrons. The van der Waals surface area contributed by atoms with Crippen LogP contribution in [0.3, 0.4) is 0 Å². The van der Waals surface area contributed by atoms with E-state index in [0.29, 0.717) is 32.4 Å². The molecule has 1 saturated carbocycles. The van der Waals surface area contributed by atoms with Crippen LogP contribution >= 0.6 is 0 Å². The minimum Gasteiger partial charge on any atom is -0.480 e. The number of aliphatic carboxylic acids is 1. The maximum atomic E-state index is 12.6. The van der Waals surface area contributed by atoms with Gasteiger partial charge in [-0.15, -0.1) is 0 Å². The fourth-order valence-corrected chi connectivity index (χ4v) is 4.83. The summed E-state index contributed by atoms with van der Waals surface area (Å²) in [5.74, 6) is -1.27. The number of carboxylic acid groups (broad SMARTS) is 1. The second kappa shape index (κ2) is 7.56. The smallest absolute Gasteiger partial charge is 0.325 e. The summed E-state index contributed by atoms with van der Waals surface area (Å²) in [5.41, 5.74) is -1.36. The van der Waals surface area contributed by atoms with Crippen LogP contribution in [-0.2, 0) is 15.0 Å². The van der Waals surface area contributed by atoms with Gasteiger partial charge < -0.3 is 5.11 Å². The highest BCUT2D eigenvalue weighted by atomic mass is 32.2. The first-order chi connectivity index (χ1) is 9.80. The Morgan fingerprint density at radius 3 is 2.29 bits per heavy atom. The van der Waals surface area contributed by atoms with E-state index in [2.05, 4.69) is 4.72 Å². The Hall–Kier alpha value is -0.660. The molecule has 0 amide bonds. The highest BCUT2D eigenvalue weighted by Crippen LogP contribution is 2.34. The Kier molecular flexibility index (Phi) is 6.62. The van der Waals surface area contributed by atoms with E-state index in [9.17, 15) is 18.3 Å². The van der Waals surface area contributed by atoms with Crippen LogP contribution in [0, 0.1) is 5.92 Å². The lowest BCUT2D eigenvalue weighted by molar-refractivity contribution is -0.147. The number of nitrogens with one attached hydrogen (secondary N) is 1. The Balaban J connectivity index is 3.03. The molecule has 1 rings (SSSR count). The quantitative estimate of drug-likeness (QED) is 0.716. The number of nitrogens with zero attached hydrogens (tertiary/aromatic N) is 1. The zero-order valence-electron chi connectivity index (χ0n) is 13.3. The first-order valence-corrected chi connectivity index (χ1v) is 9.26. The molecule has 2 atom stereocenters. The molecule has 0 bridgehead atoms. The molecular weight excluding hydrogens is 292 g/mol. The van der Waals surface area contributed by atoms with Crippen LogP contribution in [0.1, 0.15) is 59.3 Å². The van der Waals surface area contributed by atoms with Crippen LogP contribution in [0.25, 0.3) is 0 Å². The van der Waals surface area contributed by atoms with Crippen molar-refractivity contribution in [3.63, 3.8) is 0 Å². The van der Waals surface area contributed by atoms with Crippen molar-refractivity contribution >= 4 is 16.2 Å². The van der Waals surface area contributed by atoms with Crippen LogP contribution < -0.4 is 4.72 Å². The fourth-order valence-electron chi connectivity index (χ4n) is 3.01. The molecule has 1 fully saturated rings. The molecule has 1 aliphatic rings. The molecule has 0 heterocycles. The van der Waals surface area contributed by atoms with Gasteiger partial charge in [-0.25, -0.2) is 0 Å². The van der Waals surface area contributed by atoms with Crippen molar-refractivity contribution < 1.29 is 18.3 Å². The van der Waals surface area contributed by atoms with E-state index in [4.69, 9.17) is 0 Å². The van der Waals surface area contributed by atoms with Gasteiger partial charge in [0.2, 0.25) is 0 Å². The van der Waals surface area contributed by atoms with E-state index in [0.717, 1.165) is 19.3 Å². The zero-order chi connectivity index (χ0) is 16.1. The summed E-state index contributed by atoms with van der Waals surface area (Å²) in [6.07, 6.45) is 4.19. The summed E-state index contributed by atoms with van der Waals surface area (Å²) in [5, 5.41) is 9.62. The third kappa shape index (κ3) is 4.17. The van der Waals surface area contributed by atoms with Gasteiger partial charge in [0.15, 0.2) is 0 Å². The number of hydrogen-bond donors (Lipinski definition) is 2. The van der Waals surface area contributed by atoms with Gasteiger partial charge in [0.1, 0.15) is 5.54 Å². The molecule has 0 saturated heterocycles. The van der Waals surface area contributed by atoms with E-state index in [1.165, 1.54) is 4.31 Å². The average molecular weight is 320 g/mol. The minimum absolute atomic E-state index is 0.205. The van der Waals surface area contributed by atoms with Crippen molar-refractivity contribution in [2.24, 2.45) is 5.92 Å². The molecular formula is C14H28N2O4S. The van der Waals surface area contributed by atoms with Crippen LogP contribution in [-0.4, -0.2) is 42.4 Å². The van der Waals surface area contributed by atoms with E-state index >= 15 is 0 Å². The molecule has 2 N–H and O–H groups in total. The van der Waals surface area contributed by atoms with E-state index < -0.39 is 21.7 Å². The van der Waals surface area contributed by atoms with Crippen LogP contribution in [0.4, 0.5) is 0 Å². The molecule has 0 spiro atoms. The predicted octanol–water partition coefficient (Wildman–Crippen LogP) is 1.98. The standard InChI is InChI=1S/C14H28N2O4S/c1-4-10-16(11-5-2)21(19,20)15-14(13(17)18)9-7-6-8-12(14)3/h12,15H,4-11H2,1-3H3,(H,17,18). The molecule has 0 aromatic carbocycles. The average Bonchev–Trinajstić information content (AvgIpc) is 2.40. The zero-order valence-corrected chi connectivity index (χ0v) is 14.1. The van der Waals surface area contributed by atoms with Crippen molar-refractivity contribution in [2.75, 3.05) is 13.1 Å². The number of carboxylic acids is 1. The summed E-state index contributed by atoms with van der Waals surface area (Å²) in [6.45, 7) is 6.46. The van der Waals surface area contributed by atoms with Gasteiger partial charge in [-0.05, 0) is 31.6 Å². The topological polar surface area (TPSA) is 86.7 Å². The van der Waals surface area contributed by atoms with Gasteiger partial charge in [-0.3, -0.25) is 4.79 Å². The Bertz CT molecular complexity index is 446. The lowest BCUT2D eigenvalue weighted by Crippen LogP contribution is -2.62. The second-order valence-electron chi connectivity index (χ2n) is 5.93. The lowest BCUT2D eigenvalue weighted by Gasteiger charge is -2.40. The minimum atomic E-state index is -3.78. The van der Waals surface area contributed by atoms with Crippen molar-refractivity contribution in [1.82, 2.24) is 9.03 Å². The molecule has 0 aromatic rings. The van der Waals surface area contributed by atoms with E-state index in [1.807, 2.05) is 20.8 Å². The van der Waals surface area contributed by atoms with Gasteiger partial charge in [0, 0.05) is 13.1 Å². The lowest BCUT2D eigenvalue weighted by atomic mass is 9.74. The normalized spacial score (nSPS) is 27.0. The van der Waals surface area contributed by atoms with Crippen molar-refractivity contribution in [2.45, 2.75) is 64.8 Å². The van der Waals surface area contributed by atoms with E-state index in [1.54, 1.807) is 0 Å². The highest BCUT2D eigenvalue weighted by Gasteiger charge is 2.48. The molecule has 0 aromatic heterocycles. The van der Waals surface area contributed by atoms with Gasteiger partial charge in [0.25, 0.3) is 10.2 Å². The number of hydrogen-bond acceptors (Lipinski definition) is 3. The maximum absolute atomic E-state index is 12.6. The first kappa shape index (κ1) is 18.4. The molecule has 6 nitrogen and oxygen atoms in total. The highest BCUT2D eigenvalue weighted by molar-refractivity contribution is 7.87. The largest absolute Gasteiger partial charge is 0.480 e. The molecule has 0 aliphatic heterocycles. The SMILES string of the molecule is CCCN(CCC)S(=O)(=O)NC1(C(=O)O)CCCCC1C. The molecule has 0 radical (unpaired) electrons. The Morgan fingerprint density at radius 2 is 1.86 bits per heavy atom. The fraction of sp³-hybridized carbons (Fsp3) is 0.929. The Labute approximate surface area is 128 Å². The number of carbonyl (C=O) groups is 1. The van der Waals surface area contributed by atoms with Crippen LogP contribution in [0.15, 0.2) is 0 Å². The van der Waals surface area contributed by atoms with Crippen LogP contribution in [0.5, 0.6) is 0 Å². The first-order valence-electron chi connectivity index (χ1n) is 7.82. The summed E-state index contributed by atoms with van der Waals surface area (Å²) in [4.78, 5) is 11.8. The van der Waals surface area contributed by atoms with Gasteiger partial charge >= 0.3 is 5.97 Å². The summed E-state index contributed by atoms with van der Waals surface area (Å²) in [7, 11) is -3.78. The summed E-state index contributed by atoms with van der Waals surface area (Å²) < 4.78 is 29.1. The van der Waals surface area contributed by atoms with Crippen molar-refractivity contribution in [3.8, 4) is 0 Å². The van der Waals surface area contributed by atoms with Gasteiger partial charge in [-0.2, -0.15) is 17.4 Å². The van der Waals surface area contributed by atoms with Gasteiger partial charge in [0.05, 0.1) is 0 Å². The molecule has 1 aliphatic carbocycles. The summed E-state index contributed by atoms with van der Waals surface area (Å²) >= 11 is 0. The third-order valence-corrected chi connectivity index (χ3v) is 5.95. The molecule has 21 heavy (non-hydrogen) atoms. The van der Waals surface area contributed by atoms with Gasteiger partial charge in [-0.1, -0.05) is 33.6 Å². The van der Waals surface area contributed by atoms with Crippen molar-refractivity contribution in [3.05, 3.63) is 0 Å². The summed E-state index contributed by atoms with van der Waals surface area (Å²) in [6, 6.07) is 0. The van der Waals surface area contributed by atoms with E-state index in [-0.39, 0.29) is 5.92 Å². The molecule has 2 unspecified atom stereocenters. The third-order valence-electron chi connectivity index (χ3n) is 4.28. The van der Waals surface area contributed by atoms with Crippen LogP contribution in [0.2, 0.25) is 0 Å². The predicted molar refractivity (Wildman–Crippen MR) is 82.2 cm³/mol. The second-order valence-corrected chi connectivity index (χ2v) is 7.60. The monoisotopic (exact) mass is 320 g/mol. The van der Waals surface area contributed by atoms with Crippen molar-refractivity contribution in [1.29, 1.82) is 0 Å². The number of rotatable bonds is 8. The maximum Gasteiger partial charge on any atom is 0.325 e.